The number of benzene rings is 1. The fourth-order valence-corrected chi connectivity index (χ4v) is 1.98. The number of nitrogens with one attached hydrogen (secondary N) is 2. The molecule has 5 nitrogen and oxygen atoms in total. The van der Waals surface area contributed by atoms with Gasteiger partial charge >= 0.3 is 0 Å². The zero-order valence-corrected chi connectivity index (χ0v) is 13.1. The van der Waals surface area contributed by atoms with Gasteiger partial charge in [-0.1, -0.05) is 6.07 Å². The van der Waals surface area contributed by atoms with Crippen LogP contribution in [0.3, 0.4) is 0 Å². The molecule has 116 valence electrons. The summed E-state index contributed by atoms with van der Waals surface area (Å²) < 4.78 is 4.98. The van der Waals surface area contributed by atoms with Crippen LogP contribution in [0.15, 0.2) is 36.5 Å². The highest BCUT2D eigenvalue weighted by Gasteiger charge is 2.09. The molecule has 1 heterocycles. The van der Waals surface area contributed by atoms with Crippen molar-refractivity contribution in [1.82, 2.24) is 4.98 Å². The summed E-state index contributed by atoms with van der Waals surface area (Å²) in [6.45, 7) is 5.34. The van der Waals surface area contributed by atoms with Crippen molar-refractivity contribution in [3.8, 4) is 0 Å². The summed E-state index contributed by atoms with van der Waals surface area (Å²) in [7, 11) is 1.65. The van der Waals surface area contributed by atoms with E-state index in [1.54, 1.807) is 19.4 Å². The van der Waals surface area contributed by atoms with Gasteiger partial charge in [0.1, 0.15) is 5.69 Å². The predicted octanol–water partition coefficient (Wildman–Crippen LogP) is 3.01. The van der Waals surface area contributed by atoms with E-state index in [0.29, 0.717) is 18.8 Å². The Morgan fingerprint density at radius 1 is 1.14 bits per heavy atom. The predicted molar refractivity (Wildman–Crippen MR) is 88.5 cm³/mol. The Labute approximate surface area is 130 Å². The third kappa shape index (κ3) is 4.30. The van der Waals surface area contributed by atoms with Gasteiger partial charge in [0.15, 0.2) is 0 Å². The van der Waals surface area contributed by atoms with E-state index in [1.165, 1.54) is 5.56 Å². The first kappa shape index (κ1) is 16.0. The van der Waals surface area contributed by atoms with Crippen LogP contribution in [0.25, 0.3) is 0 Å². The van der Waals surface area contributed by atoms with Crippen LogP contribution >= 0.6 is 0 Å². The first-order valence-corrected chi connectivity index (χ1v) is 7.17. The summed E-state index contributed by atoms with van der Waals surface area (Å²) in [6.07, 6.45) is 1.62. The third-order valence-corrected chi connectivity index (χ3v) is 3.39. The van der Waals surface area contributed by atoms with E-state index in [-0.39, 0.29) is 5.91 Å². The fraction of sp³-hybridized carbons (Fsp3) is 0.294. The van der Waals surface area contributed by atoms with Gasteiger partial charge in [0.2, 0.25) is 0 Å². The van der Waals surface area contributed by atoms with Crippen LogP contribution < -0.4 is 10.6 Å². The quantitative estimate of drug-likeness (QED) is 0.805. The molecule has 1 aromatic carbocycles. The van der Waals surface area contributed by atoms with Gasteiger partial charge in [-0.05, 0) is 49.2 Å². The van der Waals surface area contributed by atoms with Gasteiger partial charge in [-0.3, -0.25) is 9.78 Å². The lowest BCUT2D eigenvalue weighted by molar-refractivity contribution is 0.102. The molecular weight excluding hydrogens is 278 g/mol. The van der Waals surface area contributed by atoms with Crippen molar-refractivity contribution >= 4 is 17.3 Å². The number of hydrogen-bond donors (Lipinski definition) is 2. The number of aryl methyl sites for hydroxylation is 2. The van der Waals surface area contributed by atoms with Crippen LogP contribution in [0.4, 0.5) is 11.4 Å². The number of amides is 1. The standard InChI is InChI=1S/C17H21N3O2/c1-12-4-5-15(10-13(12)2)20-17(21)16-11-14(6-7-19-16)18-8-9-22-3/h4-7,10-11H,8-9H2,1-3H3,(H,18,19)(H,20,21). The lowest BCUT2D eigenvalue weighted by Gasteiger charge is -2.09. The largest absolute Gasteiger partial charge is 0.383 e. The molecule has 22 heavy (non-hydrogen) atoms. The van der Waals surface area contributed by atoms with Crippen LogP contribution in [0, 0.1) is 13.8 Å². The van der Waals surface area contributed by atoms with Gasteiger partial charge < -0.3 is 15.4 Å². The summed E-state index contributed by atoms with van der Waals surface area (Å²) >= 11 is 0. The number of pyridine rings is 1. The van der Waals surface area contributed by atoms with Crippen LogP contribution in [0.2, 0.25) is 0 Å². The van der Waals surface area contributed by atoms with E-state index < -0.39 is 0 Å². The van der Waals surface area contributed by atoms with Crippen LogP contribution in [0.5, 0.6) is 0 Å². The summed E-state index contributed by atoms with van der Waals surface area (Å²) in [5.74, 6) is -0.223. The summed E-state index contributed by atoms with van der Waals surface area (Å²) in [4.78, 5) is 16.4. The number of hydrogen-bond acceptors (Lipinski definition) is 4. The second kappa shape index (κ2) is 7.56. The normalized spacial score (nSPS) is 10.3. The molecule has 0 fully saturated rings. The minimum absolute atomic E-state index is 0.223. The Morgan fingerprint density at radius 3 is 2.68 bits per heavy atom. The SMILES string of the molecule is COCCNc1ccnc(C(=O)Nc2ccc(C)c(C)c2)c1. The van der Waals surface area contributed by atoms with Gasteiger partial charge in [0.05, 0.1) is 6.61 Å². The molecule has 2 rings (SSSR count). The van der Waals surface area contributed by atoms with Gasteiger partial charge in [0.25, 0.3) is 5.91 Å². The third-order valence-electron chi connectivity index (χ3n) is 3.39. The number of anilines is 2. The van der Waals surface area contributed by atoms with Gasteiger partial charge in [-0.15, -0.1) is 0 Å². The van der Waals surface area contributed by atoms with Crippen molar-refractivity contribution in [2.24, 2.45) is 0 Å². The molecule has 2 aromatic rings. The Morgan fingerprint density at radius 2 is 1.95 bits per heavy atom. The number of rotatable bonds is 6. The Bertz CT molecular complexity index is 656. The minimum atomic E-state index is -0.223. The molecule has 0 spiro atoms. The number of nitrogens with zero attached hydrogens (tertiary/aromatic N) is 1. The number of carbonyl (C=O) groups excluding carboxylic acids is 1. The average Bonchev–Trinajstić information content (AvgIpc) is 2.51. The highest BCUT2D eigenvalue weighted by atomic mass is 16.5. The molecule has 0 aliphatic carbocycles. The zero-order valence-electron chi connectivity index (χ0n) is 13.1. The van der Waals surface area contributed by atoms with Crippen LogP contribution in [-0.4, -0.2) is 31.2 Å². The van der Waals surface area contributed by atoms with Gasteiger partial charge in [-0.2, -0.15) is 0 Å². The van der Waals surface area contributed by atoms with Crippen LogP contribution in [-0.2, 0) is 4.74 Å². The van der Waals surface area contributed by atoms with Crippen molar-refractivity contribution in [3.05, 3.63) is 53.3 Å². The molecule has 0 radical (unpaired) electrons. The Hall–Kier alpha value is -2.40. The van der Waals surface area contributed by atoms with Crippen molar-refractivity contribution in [1.29, 1.82) is 0 Å². The number of ether oxygens (including phenoxy) is 1. The highest BCUT2D eigenvalue weighted by molar-refractivity contribution is 6.03. The van der Waals surface area contributed by atoms with Crippen molar-refractivity contribution in [2.75, 3.05) is 30.9 Å². The number of carbonyl (C=O) groups is 1. The van der Waals surface area contributed by atoms with Crippen molar-refractivity contribution in [2.45, 2.75) is 13.8 Å². The van der Waals surface area contributed by atoms with Crippen LogP contribution in [0.1, 0.15) is 21.6 Å². The maximum absolute atomic E-state index is 12.3. The molecule has 0 aliphatic rings. The Kier molecular flexibility index (Phi) is 5.49. The molecule has 0 unspecified atom stereocenters. The monoisotopic (exact) mass is 299 g/mol. The topological polar surface area (TPSA) is 63.2 Å². The first-order valence-electron chi connectivity index (χ1n) is 7.17. The van der Waals surface area contributed by atoms with E-state index in [4.69, 9.17) is 4.74 Å². The molecule has 0 saturated heterocycles. The summed E-state index contributed by atoms with van der Waals surface area (Å²) in [6, 6.07) is 9.38. The maximum Gasteiger partial charge on any atom is 0.274 e. The fourth-order valence-electron chi connectivity index (χ4n) is 1.98. The van der Waals surface area contributed by atoms with E-state index in [9.17, 15) is 4.79 Å². The summed E-state index contributed by atoms with van der Waals surface area (Å²) in [5, 5.41) is 6.04. The molecule has 0 aliphatic heterocycles. The smallest absolute Gasteiger partial charge is 0.274 e. The first-order chi connectivity index (χ1) is 10.6. The van der Waals surface area contributed by atoms with Gasteiger partial charge in [-0.25, -0.2) is 0 Å². The van der Waals surface area contributed by atoms with E-state index in [1.807, 2.05) is 38.1 Å². The molecule has 0 atom stereocenters. The molecular formula is C17H21N3O2. The maximum atomic E-state index is 12.3. The molecule has 5 heteroatoms. The molecule has 0 bridgehead atoms. The lowest BCUT2D eigenvalue weighted by Crippen LogP contribution is -2.15. The minimum Gasteiger partial charge on any atom is -0.383 e. The van der Waals surface area contributed by atoms with Gasteiger partial charge in [0, 0.05) is 31.2 Å². The van der Waals surface area contributed by atoms with E-state index in [0.717, 1.165) is 16.9 Å². The average molecular weight is 299 g/mol. The number of aromatic nitrogens is 1. The Balaban J connectivity index is 2.05. The van der Waals surface area contributed by atoms with Crippen molar-refractivity contribution in [3.63, 3.8) is 0 Å². The molecule has 1 amide bonds. The molecule has 1 aromatic heterocycles. The van der Waals surface area contributed by atoms with Crippen molar-refractivity contribution < 1.29 is 9.53 Å². The lowest BCUT2D eigenvalue weighted by atomic mass is 10.1. The second-order valence-corrected chi connectivity index (χ2v) is 5.10. The molecule has 2 N–H and O–H groups in total. The summed E-state index contributed by atoms with van der Waals surface area (Å²) in [5.41, 5.74) is 4.33. The highest BCUT2D eigenvalue weighted by Crippen LogP contribution is 2.15. The number of methoxy groups -OCH3 is 1. The van der Waals surface area contributed by atoms with E-state index in [2.05, 4.69) is 15.6 Å². The second-order valence-electron chi connectivity index (χ2n) is 5.10. The van der Waals surface area contributed by atoms with E-state index >= 15 is 0 Å². The zero-order chi connectivity index (χ0) is 15.9. The molecule has 0 saturated carbocycles.